The number of carbonyl (C=O) groups excluding carboxylic acids is 1. The van der Waals surface area contributed by atoms with Crippen molar-refractivity contribution in [2.75, 3.05) is 0 Å². The number of hydrogen-bond acceptors (Lipinski definition) is 2. The number of amides is 1. The second-order valence-corrected chi connectivity index (χ2v) is 4.18. The van der Waals surface area contributed by atoms with Crippen molar-refractivity contribution >= 4 is 5.91 Å². The molecule has 0 spiro atoms. The zero-order valence-electron chi connectivity index (χ0n) is 10.6. The summed E-state index contributed by atoms with van der Waals surface area (Å²) in [4.78, 5) is 11.8. The van der Waals surface area contributed by atoms with Gasteiger partial charge in [0.25, 0.3) is 5.91 Å². The molecule has 2 rings (SSSR count). The highest BCUT2D eigenvalue weighted by Crippen LogP contribution is 2.31. The average Bonchev–Trinajstić information content (AvgIpc) is 2.81. The van der Waals surface area contributed by atoms with E-state index in [4.69, 9.17) is 0 Å². The highest BCUT2D eigenvalue weighted by atomic mass is 19.4. The normalized spacial score (nSPS) is 11.4. The fourth-order valence-electron chi connectivity index (χ4n) is 1.81. The van der Waals surface area contributed by atoms with Crippen molar-refractivity contribution in [1.82, 2.24) is 15.1 Å². The Morgan fingerprint density at radius 1 is 1.30 bits per heavy atom. The molecule has 0 aliphatic heterocycles. The zero-order valence-corrected chi connectivity index (χ0v) is 10.6. The predicted octanol–water partition coefficient (Wildman–Crippen LogP) is 2.37. The SMILES string of the molecule is Cn1nccc1C(=O)NCc1ccccc1C(F)(F)F. The molecular weight excluding hydrogens is 271 g/mol. The van der Waals surface area contributed by atoms with E-state index in [1.807, 2.05) is 0 Å². The van der Waals surface area contributed by atoms with Crippen LogP contribution in [0.25, 0.3) is 0 Å². The maximum atomic E-state index is 12.8. The van der Waals surface area contributed by atoms with Gasteiger partial charge in [-0.25, -0.2) is 0 Å². The summed E-state index contributed by atoms with van der Waals surface area (Å²) in [5, 5.41) is 6.28. The minimum Gasteiger partial charge on any atom is -0.347 e. The van der Waals surface area contributed by atoms with Gasteiger partial charge in [0.15, 0.2) is 0 Å². The lowest BCUT2D eigenvalue weighted by molar-refractivity contribution is -0.138. The Labute approximate surface area is 113 Å². The molecule has 0 aliphatic carbocycles. The van der Waals surface area contributed by atoms with Crippen molar-refractivity contribution in [1.29, 1.82) is 0 Å². The smallest absolute Gasteiger partial charge is 0.347 e. The molecule has 1 heterocycles. The lowest BCUT2D eigenvalue weighted by Gasteiger charge is -2.13. The Balaban J connectivity index is 2.12. The molecule has 20 heavy (non-hydrogen) atoms. The van der Waals surface area contributed by atoms with Crippen LogP contribution in [0.4, 0.5) is 13.2 Å². The first-order chi connectivity index (χ1) is 9.39. The fraction of sp³-hybridized carbons (Fsp3) is 0.231. The van der Waals surface area contributed by atoms with Crippen LogP contribution >= 0.6 is 0 Å². The quantitative estimate of drug-likeness (QED) is 0.940. The number of halogens is 3. The van der Waals surface area contributed by atoms with Crippen molar-refractivity contribution in [3.05, 3.63) is 53.3 Å². The van der Waals surface area contributed by atoms with E-state index in [1.165, 1.54) is 35.1 Å². The second kappa shape index (κ2) is 5.36. The first kappa shape index (κ1) is 14.1. The molecular formula is C13H12F3N3O. The fourth-order valence-corrected chi connectivity index (χ4v) is 1.81. The number of alkyl halides is 3. The number of nitrogens with one attached hydrogen (secondary N) is 1. The molecule has 0 radical (unpaired) electrons. The maximum absolute atomic E-state index is 12.8. The molecule has 0 saturated carbocycles. The van der Waals surface area contributed by atoms with Gasteiger partial charge in [0.05, 0.1) is 5.56 Å². The standard InChI is InChI=1S/C13H12F3N3O/c1-19-11(6-7-18-19)12(20)17-8-9-4-2-3-5-10(9)13(14,15)16/h2-7H,8H2,1H3,(H,17,20). The van der Waals surface area contributed by atoms with Crippen LogP contribution in [-0.4, -0.2) is 15.7 Å². The van der Waals surface area contributed by atoms with Crippen LogP contribution in [0, 0.1) is 0 Å². The number of carbonyl (C=O) groups is 1. The highest BCUT2D eigenvalue weighted by molar-refractivity contribution is 5.92. The van der Waals surface area contributed by atoms with Gasteiger partial charge < -0.3 is 5.32 Å². The number of aryl methyl sites for hydroxylation is 1. The van der Waals surface area contributed by atoms with Gasteiger partial charge in [-0.1, -0.05) is 18.2 Å². The second-order valence-electron chi connectivity index (χ2n) is 4.18. The molecule has 0 atom stereocenters. The molecule has 1 aromatic carbocycles. The maximum Gasteiger partial charge on any atom is 0.416 e. The molecule has 4 nitrogen and oxygen atoms in total. The van der Waals surface area contributed by atoms with Crippen LogP contribution in [0.15, 0.2) is 36.5 Å². The number of hydrogen-bond donors (Lipinski definition) is 1. The summed E-state index contributed by atoms with van der Waals surface area (Å²) in [5.74, 6) is -0.470. The summed E-state index contributed by atoms with van der Waals surface area (Å²) < 4.78 is 39.7. The molecule has 0 aliphatic rings. The Morgan fingerprint density at radius 2 is 2.00 bits per heavy atom. The van der Waals surface area contributed by atoms with Gasteiger partial charge in [0.1, 0.15) is 5.69 Å². The van der Waals surface area contributed by atoms with Crippen LogP contribution < -0.4 is 5.32 Å². The van der Waals surface area contributed by atoms with Crippen LogP contribution in [0.2, 0.25) is 0 Å². The van der Waals surface area contributed by atoms with E-state index in [9.17, 15) is 18.0 Å². The lowest BCUT2D eigenvalue weighted by Crippen LogP contribution is -2.26. The number of benzene rings is 1. The summed E-state index contributed by atoms with van der Waals surface area (Å²) in [6, 6.07) is 6.64. The monoisotopic (exact) mass is 283 g/mol. The molecule has 7 heteroatoms. The van der Waals surface area contributed by atoms with Gasteiger partial charge in [-0.15, -0.1) is 0 Å². The van der Waals surface area contributed by atoms with Gasteiger partial charge in [0.2, 0.25) is 0 Å². The van der Waals surface area contributed by atoms with Crippen molar-refractivity contribution in [3.63, 3.8) is 0 Å². The van der Waals surface area contributed by atoms with E-state index < -0.39 is 17.6 Å². The van der Waals surface area contributed by atoms with Gasteiger partial charge in [-0.2, -0.15) is 18.3 Å². The Bertz CT molecular complexity index is 619. The summed E-state index contributed by atoms with van der Waals surface area (Å²) in [7, 11) is 1.58. The van der Waals surface area contributed by atoms with E-state index in [2.05, 4.69) is 10.4 Å². The van der Waals surface area contributed by atoms with Crippen molar-refractivity contribution in [2.45, 2.75) is 12.7 Å². The van der Waals surface area contributed by atoms with Crippen LogP contribution in [0.3, 0.4) is 0 Å². The van der Waals surface area contributed by atoms with Crippen molar-refractivity contribution in [3.8, 4) is 0 Å². The van der Waals surface area contributed by atoms with Crippen LogP contribution in [0.1, 0.15) is 21.6 Å². The van der Waals surface area contributed by atoms with Gasteiger partial charge in [0, 0.05) is 19.8 Å². The first-order valence-electron chi connectivity index (χ1n) is 5.81. The summed E-state index contributed by atoms with van der Waals surface area (Å²) in [6.07, 6.45) is -2.99. The zero-order chi connectivity index (χ0) is 14.8. The van der Waals surface area contributed by atoms with E-state index in [0.29, 0.717) is 0 Å². The molecule has 1 amide bonds. The van der Waals surface area contributed by atoms with Gasteiger partial charge in [-0.05, 0) is 17.7 Å². The molecule has 1 aromatic heterocycles. The number of nitrogens with zero attached hydrogens (tertiary/aromatic N) is 2. The third kappa shape index (κ3) is 2.98. The number of aromatic nitrogens is 2. The lowest BCUT2D eigenvalue weighted by atomic mass is 10.1. The van der Waals surface area contributed by atoms with Crippen LogP contribution in [-0.2, 0) is 19.8 Å². The van der Waals surface area contributed by atoms with Crippen LogP contribution in [0.5, 0.6) is 0 Å². The van der Waals surface area contributed by atoms with Gasteiger partial charge in [-0.3, -0.25) is 9.48 Å². The molecule has 0 unspecified atom stereocenters. The third-order valence-corrected chi connectivity index (χ3v) is 2.82. The first-order valence-corrected chi connectivity index (χ1v) is 5.81. The minimum absolute atomic E-state index is 0.0236. The number of rotatable bonds is 3. The van der Waals surface area contributed by atoms with E-state index >= 15 is 0 Å². The summed E-state index contributed by atoms with van der Waals surface area (Å²) in [5.41, 5.74) is -0.435. The van der Waals surface area contributed by atoms with Crippen molar-refractivity contribution < 1.29 is 18.0 Å². The molecule has 1 N–H and O–H groups in total. The molecule has 2 aromatic rings. The molecule has 0 fully saturated rings. The van der Waals surface area contributed by atoms with Crippen molar-refractivity contribution in [2.24, 2.45) is 7.05 Å². The largest absolute Gasteiger partial charge is 0.416 e. The topological polar surface area (TPSA) is 46.9 Å². The highest BCUT2D eigenvalue weighted by Gasteiger charge is 2.32. The molecule has 106 valence electrons. The van der Waals surface area contributed by atoms with E-state index in [0.717, 1.165) is 6.07 Å². The average molecular weight is 283 g/mol. The third-order valence-electron chi connectivity index (χ3n) is 2.82. The van der Waals surface area contributed by atoms with Gasteiger partial charge >= 0.3 is 6.18 Å². The summed E-state index contributed by atoms with van der Waals surface area (Å²) >= 11 is 0. The summed E-state index contributed by atoms with van der Waals surface area (Å²) in [6.45, 7) is -0.195. The van der Waals surface area contributed by atoms with E-state index in [1.54, 1.807) is 7.05 Å². The minimum atomic E-state index is -4.44. The Morgan fingerprint density at radius 3 is 2.60 bits per heavy atom. The molecule has 0 bridgehead atoms. The predicted molar refractivity (Wildman–Crippen MR) is 65.8 cm³/mol. The Kier molecular flexibility index (Phi) is 3.78. The van der Waals surface area contributed by atoms with E-state index in [-0.39, 0.29) is 17.8 Å². The Hall–Kier alpha value is -2.31. The molecule has 0 saturated heterocycles.